The van der Waals surface area contributed by atoms with Gasteiger partial charge in [0.2, 0.25) is 11.8 Å². The highest BCUT2D eigenvalue weighted by Crippen LogP contribution is 2.36. The lowest BCUT2D eigenvalue weighted by Gasteiger charge is -2.36. The maximum atomic E-state index is 13.7. The molecule has 0 spiro atoms. The van der Waals surface area contributed by atoms with Gasteiger partial charge in [0.05, 0.1) is 19.3 Å². The van der Waals surface area contributed by atoms with E-state index in [9.17, 15) is 14.9 Å². The fourth-order valence-corrected chi connectivity index (χ4v) is 7.10. The summed E-state index contributed by atoms with van der Waals surface area (Å²) in [7, 11) is 0. The van der Waals surface area contributed by atoms with Gasteiger partial charge in [-0.25, -0.2) is 0 Å². The van der Waals surface area contributed by atoms with E-state index in [-0.39, 0.29) is 24.2 Å². The van der Waals surface area contributed by atoms with Gasteiger partial charge >= 0.3 is 0 Å². The van der Waals surface area contributed by atoms with E-state index in [4.69, 9.17) is 4.74 Å². The molecule has 0 aromatic carbocycles. The van der Waals surface area contributed by atoms with Crippen LogP contribution >= 0.6 is 0 Å². The summed E-state index contributed by atoms with van der Waals surface area (Å²) in [5.41, 5.74) is -0.835. The molecule has 4 rings (SSSR count). The Balaban J connectivity index is 1.37. The first-order valence-electron chi connectivity index (χ1n) is 14.7. The summed E-state index contributed by atoms with van der Waals surface area (Å²) in [5, 5.41) is 13.4. The molecule has 7 nitrogen and oxygen atoms in total. The highest BCUT2D eigenvalue weighted by Gasteiger charge is 2.44. The average Bonchev–Trinajstić information content (AvgIpc) is 3.33. The van der Waals surface area contributed by atoms with E-state index in [0.29, 0.717) is 51.2 Å². The van der Waals surface area contributed by atoms with Gasteiger partial charge in [-0.15, -0.1) is 0 Å². The Morgan fingerprint density at radius 3 is 2.36 bits per heavy atom. The second-order valence-electron chi connectivity index (χ2n) is 12.4. The molecule has 0 bridgehead atoms. The number of hydrogen-bond acceptors (Lipinski definition) is 5. The summed E-state index contributed by atoms with van der Waals surface area (Å²) in [6.45, 7) is 8.47. The number of morpholine rings is 1. The zero-order valence-corrected chi connectivity index (χ0v) is 22.7. The van der Waals surface area contributed by atoms with Crippen LogP contribution in [0, 0.1) is 35.0 Å². The molecule has 2 aliphatic carbocycles. The number of rotatable bonds is 8. The Kier molecular flexibility index (Phi) is 9.69. The molecule has 2 saturated carbocycles. The van der Waals surface area contributed by atoms with Crippen molar-refractivity contribution in [3.05, 3.63) is 0 Å². The van der Waals surface area contributed by atoms with Crippen LogP contribution in [0.5, 0.6) is 0 Å². The van der Waals surface area contributed by atoms with Gasteiger partial charge in [-0.3, -0.25) is 14.5 Å². The standard InChI is InChI=1S/C29H48N4O3/c1-22(2)24-8-10-26(11-9-24)33-13-12-29(20-30,21-33)31-28(35)25(18-23-6-4-3-5-7-23)19-27(34)32-14-16-36-17-15-32/h22-26H,3-19,21H2,1-2H3,(H,31,35)/t24?,25-,26?,29-/m1/s1. The molecule has 0 radical (unpaired) electrons. The summed E-state index contributed by atoms with van der Waals surface area (Å²) in [4.78, 5) is 31.1. The van der Waals surface area contributed by atoms with Gasteiger partial charge in [0.1, 0.15) is 5.54 Å². The van der Waals surface area contributed by atoms with E-state index in [1.165, 1.54) is 44.9 Å². The molecule has 2 aliphatic heterocycles. The Hall–Kier alpha value is -1.65. The number of hydrogen-bond donors (Lipinski definition) is 1. The first-order valence-corrected chi connectivity index (χ1v) is 14.7. The Labute approximate surface area is 218 Å². The number of amides is 2. The monoisotopic (exact) mass is 500 g/mol. The summed E-state index contributed by atoms with van der Waals surface area (Å²) in [6.07, 6.45) is 12.6. The van der Waals surface area contributed by atoms with Crippen LogP contribution in [0.4, 0.5) is 0 Å². The molecule has 36 heavy (non-hydrogen) atoms. The van der Waals surface area contributed by atoms with Gasteiger partial charge in [0.25, 0.3) is 0 Å². The zero-order valence-electron chi connectivity index (χ0n) is 22.7. The molecular formula is C29H48N4O3. The van der Waals surface area contributed by atoms with Gasteiger partial charge in [-0.1, -0.05) is 46.0 Å². The van der Waals surface area contributed by atoms with Crippen molar-refractivity contribution in [3.63, 3.8) is 0 Å². The van der Waals surface area contributed by atoms with Crippen LogP contribution in [-0.2, 0) is 14.3 Å². The molecular weight excluding hydrogens is 452 g/mol. The van der Waals surface area contributed by atoms with Crippen LogP contribution in [0.1, 0.15) is 90.9 Å². The smallest absolute Gasteiger partial charge is 0.224 e. The topological polar surface area (TPSA) is 85.7 Å². The van der Waals surface area contributed by atoms with Crippen molar-refractivity contribution >= 4 is 11.8 Å². The van der Waals surface area contributed by atoms with Crippen LogP contribution in [0.2, 0.25) is 0 Å². The van der Waals surface area contributed by atoms with Crippen LogP contribution in [0.25, 0.3) is 0 Å². The number of nitriles is 1. The number of nitrogens with zero attached hydrogens (tertiary/aromatic N) is 3. The molecule has 2 saturated heterocycles. The largest absolute Gasteiger partial charge is 0.378 e. The second-order valence-corrected chi connectivity index (χ2v) is 12.4. The highest BCUT2D eigenvalue weighted by molar-refractivity contribution is 5.86. The number of nitrogens with one attached hydrogen (secondary N) is 1. The number of carbonyl (C=O) groups excluding carboxylic acids is 2. The van der Waals surface area contributed by atoms with Crippen molar-refractivity contribution in [1.82, 2.24) is 15.1 Å². The van der Waals surface area contributed by atoms with E-state index >= 15 is 0 Å². The molecule has 7 heteroatoms. The number of likely N-dealkylation sites (tertiary alicyclic amines) is 1. The Bertz CT molecular complexity index is 776. The van der Waals surface area contributed by atoms with Gasteiger partial charge in [0, 0.05) is 44.6 Å². The molecule has 4 fully saturated rings. The van der Waals surface area contributed by atoms with Crippen molar-refractivity contribution in [2.45, 2.75) is 102 Å². The Morgan fingerprint density at radius 1 is 1.03 bits per heavy atom. The van der Waals surface area contributed by atoms with Crippen LogP contribution in [0.15, 0.2) is 0 Å². The lowest BCUT2D eigenvalue weighted by atomic mass is 9.79. The van der Waals surface area contributed by atoms with Gasteiger partial charge in [0.15, 0.2) is 0 Å². The van der Waals surface area contributed by atoms with Crippen molar-refractivity contribution in [2.75, 3.05) is 39.4 Å². The molecule has 1 N–H and O–H groups in total. The third-order valence-electron chi connectivity index (χ3n) is 9.57. The molecule has 2 atom stereocenters. The Morgan fingerprint density at radius 2 is 1.72 bits per heavy atom. The van der Waals surface area contributed by atoms with E-state index in [1.807, 2.05) is 4.90 Å². The lowest BCUT2D eigenvalue weighted by Crippen LogP contribution is -2.53. The van der Waals surface area contributed by atoms with E-state index in [0.717, 1.165) is 37.6 Å². The van der Waals surface area contributed by atoms with Crippen molar-refractivity contribution in [1.29, 1.82) is 5.26 Å². The van der Waals surface area contributed by atoms with Crippen molar-refractivity contribution < 1.29 is 14.3 Å². The van der Waals surface area contributed by atoms with Crippen molar-refractivity contribution in [2.24, 2.45) is 23.7 Å². The summed E-state index contributed by atoms with van der Waals surface area (Å²) in [5.74, 6) is 1.66. The fourth-order valence-electron chi connectivity index (χ4n) is 7.10. The van der Waals surface area contributed by atoms with Gasteiger partial charge in [-0.2, -0.15) is 5.26 Å². The number of ether oxygens (including phenoxy) is 1. The van der Waals surface area contributed by atoms with Crippen LogP contribution < -0.4 is 5.32 Å². The van der Waals surface area contributed by atoms with Gasteiger partial charge < -0.3 is 15.0 Å². The maximum Gasteiger partial charge on any atom is 0.224 e. The molecule has 0 aromatic heterocycles. The zero-order chi connectivity index (χ0) is 25.5. The summed E-state index contributed by atoms with van der Waals surface area (Å²) < 4.78 is 5.40. The average molecular weight is 501 g/mol. The minimum Gasteiger partial charge on any atom is -0.378 e. The molecule has 4 aliphatic rings. The number of carbonyl (C=O) groups is 2. The highest BCUT2D eigenvalue weighted by atomic mass is 16.5. The van der Waals surface area contributed by atoms with Crippen molar-refractivity contribution in [3.8, 4) is 6.07 Å². The van der Waals surface area contributed by atoms with Crippen LogP contribution in [0.3, 0.4) is 0 Å². The minimum atomic E-state index is -0.835. The quantitative estimate of drug-likeness (QED) is 0.542. The second kappa shape index (κ2) is 12.7. The predicted octanol–water partition coefficient (Wildman–Crippen LogP) is 4.12. The molecule has 202 valence electrons. The summed E-state index contributed by atoms with van der Waals surface area (Å²) >= 11 is 0. The molecule has 0 aromatic rings. The third kappa shape index (κ3) is 7.01. The van der Waals surface area contributed by atoms with E-state index in [1.54, 1.807) is 0 Å². The SMILES string of the molecule is CC(C)C1CCC(N2CC[C@](C#N)(NC(=O)[C@@H](CC(=O)N3CCOCC3)CC3CCCCC3)C2)CC1. The van der Waals surface area contributed by atoms with E-state index < -0.39 is 5.54 Å². The first kappa shape index (κ1) is 27.4. The maximum absolute atomic E-state index is 13.7. The minimum absolute atomic E-state index is 0.0511. The normalized spacial score (nSPS) is 31.2. The third-order valence-corrected chi connectivity index (χ3v) is 9.57. The van der Waals surface area contributed by atoms with Gasteiger partial charge in [-0.05, 0) is 56.3 Å². The molecule has 2 amide bonds. The summed E-state index contributed by atoms with van der Waals surface area (Å²) in [6, 6.07) is 3.02. The lowest BCUT2D eigenvalue weighted by molar-refractivity contribution is -0.140. The predicted molar refractivity (Wildman–Crippen MR) is 140 cm³/mol. The fraction of sp³-hybridized carbons (Fsp3) is 0.897. The molecule has 0 unspecified atom stereocenters. The first-order chi connectivity index (χ1) is 17.4. The molecule has 2 heterocycles. The van der Waals surface area contributed by atoms with E-state index in [2.05, 4.69) is 30.1 Å². The van der Waals surface area contributed by atoms with Crippen LogP contribution in [-0.4, -0.2) is 72.6 Å².